The third kappa shape index (κ3) is 8.34. The van der Waals surface area contributed by atoms with Gasteiger partial charge in [-0.05, 0) is 47.9 Å². The zero-order valence-corrected chi connectivity index (χ0v) is 27.7. The van der Waals surface area contributed by atoms with E-state index in [9.17, 15) is 19.8 Å². The summed E-state index contributed by atoms with van der Waals surface area (Å²) < 4.78 is 12.2. The van der Waals surface area contributed by atoms with Gasteiger partial charge in [0.05, 0.1) is 18.5 Å². The van der Waals surface area contributed by atoms with Crippen LogP contribution in [0.15, 0.2) is 101 Å². The quantitative estimate of drug-likeness (QED) is 0.105. The van der Waals surface area contributed by atoms with Crippen molar-refractivity contribution < 1.29 is 88.1 Å². The molecular formula is C33H27NNa2O6. The normalized spacial score (nSPS) is 10.6. The number of aliphatic carboxylic acids is 2. The van der Waals surface area contributed by atoms with Crippen LogP contribution in [0.1, 0.15) is 25.7 Å². The van der Waals surface area contributed by atoms with Crippen LogP contribution in [0.2, 0.25) is 0 Å². The van der Waals surface area contributed by atoms with E-state index in [1.165, 1.54) is 0 Å². The van der Waals surface area contributed by atoms with E-state index in [1.807, 2.05) is 97.1 Å². The first-order chi connectivity index (χ1) is 19.5. The first kappa shape index (κ1) is 33.6. The molecule has 42 heavy (non-hydrogen) atoms. The van der Waals surface area contributed by atoms with Gasteiger partial charge in [0.1, 0.15) is 11.4 Å². The van der Waals surface area contributed by atoms with Crippen LogP contribution in [0.4, 0.5) is 0 Å². The Morgan fingerprint density at radius 2 is 1.33 bits per heavy atom. The molecule has 0 aliphatic heterocycles. The Morgan fingerprint density at radius 1 is 0.714 bits per heavy atom. The predicted octanol–water partition coefficient (Wildman–Crippen LogP) is -1.11. The van der Waals surface area contributed by atoms with Gasteiger partial charge in [0, 0.05) is 22.6 Å². The minimum Gasteiger partial charge on any atom is -0.549 e. The van der Waals surface area contributed by atoms with Gasteiger partial charge in [-0.15, -0.1) is 0 Å². The molecule has 1 heterocycles. The minimum absolute atomic E-state index is 0. The van der Waals surface area contributed by atoms with Crippen molar-refractivity contribution in [3.8, 4) is 39.8 Å². The smallest absolute Gasteiger partial charge is 0.549 e. The van der Waals surface area contributed by atoms with Crippen molar-refractivity contribution in [1.82, 2.24) is 4.98 Å². The number of hydrogen-bond acceptors (Lipinski definition) is 7. The van der Waals surface area contributed by atoms with Crippen LogP contribution < -0.4 is 74.1 Å². The molecule has 4 aromatic carbocycles. The largest absolute Gasteiger partial charge is 1.00 e. The number of carbonyl (C=O) groups is 2. The summed E-state index contributed by atoms with van der Waals surface area (Å²) in [6, 6.07) is 31.8. The topological polar surface area (TPSA) is 116 Å². The molecule has 0 radical (unpaired) electrons. The SMILES string of the molecule is O=C([O-])C(CCCCCOc1ccc2cc(-c3nc(-c4ccccc4)c(-c4ccccc4)o3)ccc2c1)C(=O)[O-].[Na+].[Na+]. The first-order valence-electron chi connectivity index (χ1n) is 13.2. The molecule has 5 rings (SSSR count). The predicted molar refractivity (Wildman–Crippen MR) is 148 cm³/mol. The second kappa shape index (κ2) is 16.1. The number of unbranched alkanes of at least 4 members (excludes halogenated alkanes) is 2. The molecule has 5 aromatic rings. The number of carboxylic acid groups (broad SMARTS) is 2. The van der Waals surface area contributed by atoms with Crippen molar-refractivity contribution in [2.45, 2.75) is 25.7 Å². The van der Waals surface area contributed by atoms with E-state index in [2.05, 4.69) is 0 Å². The Balaban J connectivity index is 0.00000242. The molecule has 0 atom stereocenters. The van der Waals surface area contributed by atoms with Gasteiger partial charge in [-0.2, -0.15) is 0 Å². The Hall–Kier alpha value is -2.91. The number of aromatic nitrogens is 1. The number of carboxylic acids is 2. The standard InChI is InChI=1S/C33H29NO6.2Na/c35-32(36)28(33(37)38)14-8-3-9-19-39-27-18-17-24-20-26(16-15-25(24)21-27)31-34-29(22-10-4-1-5-11-22)30(40-31)23-12-6-2-7-13-23;;/h1-2,4-7,10-13,15-18,20-21,28H,3,8-9,14,19H2,(H,35,36)(H,37,38);;/q;2*+1/p-2. The molecule has 0 aliphatic rings. The summed E-state index contributed by atoms with van der Waals surface area (Å²) >= 11 is 0. The Kier molecular flexibility index (Phi) is 12.9. The Morgan fingerprint density at radius 3 is 2.00 bits per heavy atom. The van der Waals surface area contributed by atoms with Crippen LogP contribution in [-0.2, 0) is 9.59 Å². The molecule has 0 aliphatic carbocycles. The molecule has 202 valence electrons. The van der Waals surface area contributed by atoms with E-state index in [4.69, 9.17) is 14.1 Å². The summed E-state index contributed by atoms with van der Waals surface area (Å²) in [6.07, 6.45) is 1.74. The third-order valence-electron chi connectivity index (χ3n) is 6.74. The monoisotopic (exact) mass is 579 g/mol. The second-order valence-corrected chi connectivity index (χ2v) is 9.54. The van der Waals surface area contributed by atoms with E-state index in [0.29, 0.717) is 31.8 Å². The molecule has 1 aromatic heterocycles. The molecule has 0 amide bonds. The zero-order chi connectivity index (χ0) is 27.9. The van der Waals surface area contributed by atoms with E-state index in [-0.39, 0.29) is 65.5 Å². The number of oxazole rings is 1. The third-order valence-corrected chi connectivity index (χ3v) is 6.74. The van der Waals surface area contributed by atoms with Crippen LogP contribution in [0.3, 0.4) is 0 Å². The van der Waals surface area contributed by atoms with Gasteiger partial charge in [-0.3, -0.25) is 0 Å². The van der Waals surface area contributed by atoms with Gasteiger partial charge in [0.15, 0.2) is 5.76 Å². The van der Waals surface area contributed by atoms with Crippen molar-refractivity contribution in [2.75, 3.05) is 6.61 Å². The van der Waals surface area contributed by atoms with E-state index in [0.717, 1.165) is 44.7 Å². The minimum atomic E-state index is -1.60. The number of hydrogen-bond donors (Lipinski definition) is 0. The zero-order valence-electron chi connectivity index (χ0n) is 23.7. The van der Waals surface area contributed by atoms with Crippen LogP contribution in [0.25, 0.3) is 44.8 Å². The van der Waals surface area contributed by atoms with E-state index >= 15 is 0 Å². The summed E-state index contributed by atoms with van der Waals surface area (Å²) in [4.78, 5) is 26.5. The number of benzene rings is 4. The van der Waals surface area contributed by atoms with Gasteiger partial charge >= 0.3 is 59.1 Å². The van der Waals surface area contributed by atoms with Gasteiger partial charge in [0.2, 0.25) is 5.89 Å². The summed E-state index contributed by atoms with van der Waals surface area (Å²) in [7, 11) is 0. The van der Waals surface area contributed by atoms with Crippen LogP contribution in [0.5, 0.6) is 5.75 Å². The molecule has 0 saturated carbocycles. The van der Waals surface area contributed by atoms with Crippen molar-refractivity contribution in [3.05, 3.63) is 97.1 Å². The summed E-state index contributed by atoms with van der Waals surface area (Å²) in [5, 5.41) is 23.7. The van der Waals surface area contributed by atoms with Crippen molar-refractivity contribution in [3.63, 3.8) is 0 Å². The molecule has 0 saturated heterocycles. The molecule has 0 unspecified atom stereocenters. The molecule has 9 heteroatoms. The molecule has 0 fully saturated rings. The number of rotatable bonds is 12. The first-order valence-corrected chi connectivity index (χ1v) is 13.2. The van der Waals surface area contributed by atoms with Crippen molar-refractivity contribution in [1.29, 1.82) is 0 Å². The Bertz CT molecular complexity index is 1550. The van der Waals surface area contributed by atoms with Gasteiger partial charge in [0.25, 0.3) is 0 Å². The van der Waals surface area contributed by atoms with Gasteiger partial charge in [-0.25, -0.2) is 4.98 Å². The number of carbonyl (C=O) groups excluding carboxylic acids is 2. The maximum atomic E-state index is 10.8. The Labute approximate surface area is 288 Å². The fourth-order valence-electron chi connectivity index (χ4n) is 4.62. The summed E-state index contributed by atoms with van der Waals surface area (Å²) in [5.41, 5.74) is 3.60. The fraction of sp³-hybridized carbons (Fsp3) is 0.182. The van der Waals surface area contributed by atoms with Gasteiger partial charge in [-0.1, -0.05) is 85.6 Å². The molecule has 0 bridgehead atoms. The number of nitrogens with zero attached hydrogens (tertiary/aromatic N) is 1. The number of fused-ring (bicyclic) bond motifs is 1. The molecule has 0 spiro atoms. The average Bonchev–Trinajstić information content (AvgIpc) is 3.42. The second-order valence-electron chi connectivity index (χ2n) is 9.54. The maximum absolute atomic E-state index is 10.8. The van der Waals surface area contributed by atoms with Gasteiger partial charge < -0.3 is 29.0 Å². The van der Waals surface area contributed by atoms with Crippen LogP contribution >= 0.6 is 0 Å². The van der Waals surface area contributed by atoms with Crippen molar-refractivity contribution >= 4 is 22.7 Å². The average molecular weight is 580 g/mol. The van der Waals surface area contributed by atoms with E-state index in [1.54, 1.807) is 0 Å². The fourth-order valence-corrected chi connectivity index (χ4v) is 4.62. The maximum Gasteiger partial charge on any atom is 1.00 e. The van der Waals surface area contributed by atoms with E-state index < -0.39 is 17.9 Å². The number of ether oxygens (including phenoxy) is 1. The molecular weight excluding hydrogens is 552 g/mol. The summed E-state index contributed by atoms with van der Waals surface area (Å²) in [5.74, 6) is -2.80. The molecule has 0 N–H and O–H groups in total. The van der Waals surface area contributed by atoms with Crippen molar-refractivity contribution in [2.24, 2.45) is 5.92 Å². The van der Waals surface area contributed by atoms with Crippen LogP contribution in [0, 0.1) is 5.92 Å². The molecule has 7 nitrogen and oxygen atoms in total. The summed E-state index contributed by atoms with van der Waals surface area (Å²) in [6.45, 7) is 0.436. The van der Waals surface area contributed by atoms with Crippen LogP contribution in [-0.4, -0.2) is 23.5 Å².